The number of hydrogen-bond acceptors (Lipinski definition) is 7. The lowest BCUT2D eigenvalue weighted by Gasteiger charge is -2.12. The molecule has 1 atom stereocenters. The first-order valence-electron chi connectivity index (χ1n) is 8.74. The van der Waals surface area contributed by atoms with Gasteiger partial charge in [-0.2, -0.15) is 4.68 Å². The Balaban J connectivity index is 1.64. The van der Waals surface area contributed by atoms with Crippen LogP contribution in [0.25, 0.3) is 5.69 Å². The van der Waals surface area contributed by atoms with Crippen molar-refractivity contribution in [1.82, 2.24) is 20.2 Å². The Labute approximate surface area is 171 Å². The smallest absolute Gasteiger partial charge is 0.237 e. The van der Waals surface area contributed by atoms with E-state index in [0.29, 0.717) is 16.5 Å². The first-order valence-corrected chi connectivity index (χ1v) is 9.62. The fraction of sp³-hybridized carbons (Fsp3) is 0.211. The Kier molecular flexibility index (Phi) is 6.45. The Morgan fingerprint density at radius 3 is 2.24 bits per heavy atom. The van der Waals surface area contributed by atoms with Crippen LogP contribution in [0.4, 0.5) is 11.4 Å². The van der Waals surface area contributed by atoms with Crippen LogP contribution in [0.1, 0.15) is 13.8 Å². The van der Waals surface area contributed by atoms with Crippen molar-refractivity contribution in [3.63, 3.8) is 0 Å². The lowest BCUT2D eigenvalue weighted by atomic mass is 10.2. The molecule has 9 nitrogen and oxygen atoms in total. The predicted octanol–water partition coefficient (Wildman–Crippen LogP) is 2.75. The maximum absolute atomic E-state index is 12.5. The molecule has 0 saturated heterocycles. The maximum atomic E-state index is 12.5. The van der Waals surface area contributed by atoms with Crippen LogP contribution in [0.15, 0.2) is 53.7 Å². The third-order valence-electron chi connectivity index (χ3n) is 3.88. The predicted molar refractivity (Wildman–Crippen MR) is 110 cm³/mol. The summed E-state index contributed by atoms with van der Waals surface area (Å²) in [5, 5.41) is 17.3. The second-order valence-electron chi connectivity index (χ2n) is 6.08. The average molecular weight is 412 g/mol. The quantitative estimate of drug-likeness (QED) is 0.574. The van der Waals surface area contributed by atoms with Gasteiger partial charge >= 0.3 is 0 Å². The highest BCUT2D eigenvalue weighted by Gasteiger charge is 2.19. The molecule has 2 aromatic carbocycles. The van der Waals surface area contributed by atoms with E-state index in [9.17, 15) is 9.59 Å². The number of tetrazole rings is 1. The molecule has 0 unspecified atom stereocenters. The topological polar surface area (TPSA) is 111 Å². The molecule has 3 rings (SSSR count). The van der Waals surface area contributed by atoms with Gasteiger partial charge in [0.25, 0.3) is 0 Å². The summed E-state index contributed by atoms with van der Waals surface area (Å²) in [4.78, 5) is 23.6. The minimum atomic E-state index is -0.437. The van der Waals surface area contributed by atoms with E-state index < -0.39 is 5.25 Å². The molecule has 0 fully saturated rings. The SMILES string of the molecule is COc1ccc(-n2nnnc2S[C@H](C)C(=O)Nc2ccc(NC(C)=O)cc2)cc1. The van der Waals surface area contributed by atoms with Crippen molar-refractivity contribution in [2.75, 3.05) is 17.7 Å². The Morgan fingerprint density at radius 1 is 1.03 bits per heavy atom. The molecule has 0 aliphatic heterocycles. The summed E-state index contributed by atoms with van der Waals surface area (Å²) in [5.41, 5.74) is 2.06. The van der Waals surface area contributed by atoms with Crippen LogP contribution in [0, 0.1) is 0 Å². The van der Waals surface area contributed by atoms with Gasteiger partial charge in [-0.25, -0.2) is 0 Å². The molecule has 2 amide bonds. The van der Waals surface area contributed by atoms with Gasteiger partial charge in [-0.3, -0.25) is 9.59 Å². The van der Waals surface area contributed by atoms with Gasteiger partial charge in [0.15, 0.2) is 0 Å². The number of carbonyl (C=O) groups is 2. The van der Waals surface area contributed by atoms with Crippen LogP contribution in [-0.4, -0.2) is 44.4 Å². The molecule has 0 saturated carbocycles. The molecular weight excluding hydrogens is 392 g/mol. The average Bonchev–Trinajstić information content (AvgIpc) is 3.17. The number of ether oxygens (including phenoxy) is 1. The molecule has 0 spiro atoms. The zero-order valence-electron chi connectivity index (χ0n) is 16.1. The van der Waals surface area contributed by atoms with E-state index in [1.165, 1.54) is 18.7 Å². The minimum Gasteiger partial charge on any atom is -0.497 e. The van der Waals surface area contributed by atoms with E-state index in [4.69, 9.17) is 4.74 Å². The number of benzene rings is 2. The molecule has 0 aliphatic carbocycles. The summed E-state index contributed by atoms with van der Waals surface area (Å²) >= 11 is 1.25. The van der Waals surface area contributed by atoms with Crippen LogP contribution in [0.3, 0.4) is 0 Å². The molecule has 0 radical (unpaired) electrons. The van der Waals surface area contributed by atoms with Gasteiger partial charge in [0, 0.05) is 18.3 Å². The number of rotatable bonds is 7. The number of anilines is 2. The molecule has 150 valence electrons. The normalized spacial score (nSPS) is 11.6. The Hall–Kier alpha value is -3.40. The summed E-state index contributed by atoms with van der Waals surface area (Å²) in [6.07, 6.45) is 0. The van der Waals surface area contributed by atoms with Crippen molar-refractivity contribution in [3.05, 3.63) is 48.5 Å². The van der Waals surface area contributed by atoms with Crippen molar-refractivity contribution in [2.24, 2.45) is 0 Å². The number of thioether (sulfide) groups is 1. The fourth-order valence-electron chi connectivity index (χ4n) is 2.43. The molecule has 29 heavy (non-hydrogen) atoms. The van der Waals surface area contributed by atoms with Gasteiger partial charge in [-0.05, 0) is 65.9 Å². The molecule has 0 bridgehead atoms. The van der Waals surface area contributed by atoms with Gasteiger partial charge in [-0.1, -0.05) is 11.8 Å². The van der Waals surface area contributed by atoms with Gasteiger partial charge in [0.2, 0.25) is 17.0 Å². The zero-order chi connectivity index (χ0) is 20.8. The van der Waals surface area contributed by atoms with Gasteiger partial charge < -0.3 is 15.4 Å². The van der Waals surface area contributed by atoms with Crippen molar-refractivity contribution >= 4 is 35.0 Å². The number of carbonyl (C=O) groups excluding carboxylic acids is 2. The van der Waals surface area contributed by atoms with E-state index >= 15 is 0 Å². The summed E-state index contributed by atoms with van der Waals surface area (Å²) in [6, 6.07) is 14.2. The highest BCUT2D eigenvalue weighted by Crippen LogP contribution is 2.25. The number of hydrogen-bond donors (Lipinski definition) is 2. The van der Waals surface area contributed by atoms with Crippen LogP contribution < -0.4 is 15.4 Å². The number of nitrogens with zero attached hydrogens (tertiary/aromatic N) is 4. The first-order chi connectivity index (χ1) is 14.0. The summed E-state index contributed by atoms with van der Waals surface area (Å²) in [5.74, 6) is 0.390. The summed E-state index contributed by atoms with van der Waals surface area (Å²) in [7, 11) is 1.60. The molecule has 1 aromatic heterocycles. The Bertz CT molecular complexity index is 988. The fourth-order valence-corrected chi connectivity index (χ4v) is 3.24. The zero-order valence-corrected chi connectivity index (χ0v) is 16.9. The van der Waals surface area contributed by atoms with Gasteiger partial charge in [0.1, 0.15) is 5.75 Å². The lowest BCUT2D eigenvalue weighted by molar-refractivity contribution is -0.115. The molecular formula is C19H20N6O3S. The second-order valence-corrected chi connectivity index (χ2v) is 7.39. The van der Waals surface area contributed by atoms with E-state index in [0.717, 1.165) is 11.4 Å². The number of nitrogens with one attached hydrogen (secondary N) is 2. The molecule has 10 heteroatoms. The molecule has 2 N–H and O–H groups in total. The maximum Gasteiger partial charge on any atom is 0.237 e. The number of amides is 2. The van der Waals surface area contributed by atoms with Crippen molar-refractivity contribution in [1.29, 1.82) is 0 Å². The van der Waals surface area contributed by atoms with Crippen LogP contribution >= 0.6 is 11.8 Å². The van der Waals surface area contributed by atoms with Crippen molar-refractivity contribution in [2.45, 2.75) is 24.3 Å². The van der Waals surface area contributed by atoms with Crippen LogP contribution in [0.2, 0.25) is 0 Å². The molecule has 3 aromatic rings. The largest absolute Gasteiger partial charge is 0.497 e. The van der Waals surface area contributed by atoms with E-state index in [-0.39, 0.29) is 11.8 Å². The molecule has 0 aliphatic rings. The standard InChI is InChI=1S/C19H20N6O3S/c1-12(18(27)21-15-6-4-14(5-7-15)20-13(2)26)29-19-22-23-24-25(19)16-8-10-17(28-3)11-9-16/h4-12H,1-3H3,(H,20,26)(H,21,27)/t12-/m1/s1. The minimum absolute atomic E-state index is 0.151. The monoisotopic (exact) mass is 412 g/mol. The third kappa shape index (κ3) is 5.32. The van der Waals surface area contributed by atoms with Crippen molar-refractivity contribution in [3.8, 4) is 11.4 Å². The van der Waals surface area contributed by atoms with E-state index in [2.05, 4.69) is 26.2 Å². The Morgan fingerprint density at radius 2 is 1.66 bits per heavy atom. The highest BCUT2D eigenvalue weighted by molar-refractivity contribution is 8.00. The summed E-state index contributed by atoms with van der Waals surface area (Å²) in [6.45, 7) is 3.22. The van der Waals surface area contributed by atoms with Crippen LogP contribution in [-0.2, 0) is 9.59 Å². The third-order valence-corrected chi connectivity index (χ3v) is 4.92. The van der Waals surface area contributed by atoms with Gasteiger partial charge in [-0.15, -0.1) is 5.10 Å². The van der Waals surface area contributed by atoms with Gasteiger partial charge in [0.05, 0.1) is 18.0 Å². The molecule has 1 heterocycles. The lowest BCUT2D eigenvalue weighted by Crippen LogP contribution is -2.23. The van der Waals surface area contributed by atoms with Crippen molar-refractivity contribution < 1.29 is 14.3 Å². The van der Waals surface area contributed by atoms with E-state index in [1.54, 1.807) is 43.0 Å². The summed E-state index contributed by atoms with van der Waals surface area (Å²) < 4.78 is 6.72. The van der Waals surface area contributed by atoms with E-state index in [1.807, 2.05) is 24.3 Å². The van der Waals surface area contributed by atoms with Crippen LogP contribution in [0.5, 0.6) is 5.75 Å². The highest BCUT2D eigenvalue weighted by atomic mass is 32.2. The number of aromatic nitrogens is 4. The first kappa shape index (κ1) is 20.3. The second kappa shape index (κ2) is 9.20. The number of methoxy groups -OCH3 is 1.